The Morgan fingerprint density at radius 2 is 1.93 bits per heavy atom. The van der Waals surface area contributed by atoms with Crippen molar-refractivity contribution in [3.05, 3.63) is 64.7 Å². The Morgan fingerprint density at radius 1 is 1.18 bits per heavy atom. The van der Waals surface area contributed by atoms with E-state index in [9.17, 15) is 9.59 Å². The Bertz CT molecular complexity index is 984. The van der Waals surface area contributed by atoms with Gasteiger partial charge < -0.3 is 0 Å². The van der Waals surface area contributed by atoms with Crippen molar-refractivity contribution in [1.29, 1.82) is 0 Å². The molecule has 2 amide bonds. The standard InChI is InChI=1S/C22H23N3O2S/c1-4-6-19(26)25-18-12-9-15(5-2)13-17(18)22(21(25)27)24-23-20(28-22)16-10-7-14(3)8-11-16/h7-13,24H,4-6H2,1-3H3. The van der Waals surface area contributed by atoms with Gasteiger partial charge in [-0.2, -0.15) is 5.10 Å². The number of hydrogen-bond donors (Lipinski definition) is 1. The van der Waals surface area contributed by atoms with Crippen LogP contribution < -0.4 is 10.3 Å². The van der Waals surface area contributed by atoms with Gasteiger partial charge in [0, 0.05) is 17.5 Å². The van der Waals surface area contributed by atoms with E-state index in [0.717, 1.165) is 28.2 Å². The zero-order valence-corrected chi connectivity index (χ0v) is 17.1. The Balaban J connectivity index is 1.76. The molecule has 2 aromatic carbocycles. The number of nitrogens with one attached hydrogen (secondary N) is 1. The molecule has 0 aliphatic carbocycles. The third kappa shape index (κ3) is 2.83. The minimum atomic E-state index is -1.08. The van der Waals surface area contributed by atoms with Crippen LogP contribution in [0.2, 0.25) is 0 Å². The molecular weight excluding hydrogens is 370 g/mol. The summed E-state index contributed by atoms with van der Waals surface area (Å²) in [6.07, 6.45) is 1.90. The summed E-state index contributed by atoms with van der Waals surface area (Å²) in [6.45, 7) is 6.05. The number of carbonyl (C=O) groups is 2. The van der Waals surface area contributed by atoms with Crippen LogP contribution in [-0.4, -0.2) is 16.9 Å². The van der Waals surface area contributed by atoms with Crippen LogP contribution in [0.5, 0.6) is 0 Å². The van der Waals surface area contributed by atoms with Gasteiger partial charge in [0.1, 0.15) is 5.04 Å². The van der Waals surface area contributed by atoms with Gasteiger partial charge in [-0.1, -0.05) is 61.5 Å². The van der Waals surface area contributed by atoms with Crippen LogP contribution in [0.1, 0.15) is 48.9 Å². The highest BCUT2D eigenvalue weighted by molar-refractivity contribution is 8.16. The first-order chi connectivity index (χ1) is 13.5. The first kappa shape index (κ1) is 18.7. The van der Waals surface area contributed by atoms with E-state index in [4.69, 9.17) is 0 Å². The molecule has 28 heavy (non-hydrogen) atoms. The van der Waals surface area contributed by atoms with Gasteiger partial charge in [-0.05, 0) is 37.5 Å². The maximum absolute atomic E-state index is 13.5. The van der Waals surface area contributed by atoms with E-state index in [1.165, 1.54) is 22.2 Å². The van der Waals surface area contributed by atoms with Crippen LogP contribution in [0.4, 0.5) is 5.69 Å². The number of fused-ring (bicyclic) bond motifs is 2. The van der Waals surface area contributed by atoms with E-state index >= 15 is 0 Å². The van der Waals surface area contributed by atoms with Gasteiger partial charge >= 0.3 is 0 Å². The summed E-state index contributed by atoms with van der Waals surface area (Å²) >= 11 is 1.38. The number of aryl methyl sites for hydroxylation is 2. The fraction of sp³-hybridized carbons (Fsp3) is 0.318. The average Bonchev–Trinajstić information content (AvgIpc) is 3.24. The number of nitrogens with zero attached hydrogens (tertiary/aromatic N) is 2. The molecular formula is C22H23N3O2S. The molecule has 2 aliphatic rings. The Kier molecular flexibility index (Phi) is 4.75. The van der Waals surface area contributed by atoms with Crippen molar-refractivity contribution in [3.8, 4) is 0 Å². The quantitative estimate of drug-likeness (QED) is 0.850. The Morgan fingerprint density at radius 3 is 2.61 bits per heavy atom. The van der Waals surface area contributed by atoms with Gasteiger partial charge in [0.05, 0.1) is 5.69 Å². The number of hydrazone groups is 1. The Hall–Kier alpha value is -2.60. The second-order valence-corrected chi connectivity index (χ2v) is 8.37. The van der Waals surface area contributed by atoms with Gasteiger partial charge in [-0.25, -0.2) is 4.90 Å². The molecule has 0 radical (unpaired) electrons. The predicted molar refractivity (Wildman–Crippen MR) is 113 cm³/mol. The van der Waals surface area contributed by atoms with E-state index in [1.54, 1.807) is 0 Å². The molecule has 2 heterocycles. The molecule has 0 saturated heterocycles. The number of amides is 2. The smallest absolute Gasteiger partial charge is 0.276 e. The second kappa shape index (κ2) is 7.09. The van der Waals surface area contributed by atoms with Crippen molar-refractivity contribution in [3.63, 3.8) is 0 Å². The molecule has 0 fully saturated rings. The van der Waals surface area contributed by atoms with Crippen molar-refractivity contribution in [2.75, 3.05) is 4.90 Å². The minimum Gasteiger partial charge on any atom is -0.279 e. The molecule has 0 saturated carbocycles. The molecule has 1 unspecified atom stereocenters. The summed E-state index contributed by atoms with van der Waals surface area (Å²) in [4.78, 5) is 26.5. The molecule has 5 nitrogen and oxygen atoms in total. The molecule has 0 bridgehead atoms. The van der Waals surface area contributed by atoms with E-state index in [-0.39, 0.29) is 11.8 Å². The summed E-state index contributed by atoms with van der Waals surface area (Å²) in [5, 5.41) is 5.24. The maximum Gasteiger partial charge on any atom is 0.276 e. The highest BCUT2D eigenvalue weighted by Gasteiger charge is 2.56. The normalized spacial score (nSPS) is 20.3. The van der Waals surface area contributed by atoms with Gasteiger partial charge in [-0.15, -0.1) is 0 Å². The van der Waals surface area contributed by atoms with Crippen molar-refractivity contribution in [2.45, 2.75) is 44.9 Å². The molecule has 4 rings (SSSR count). The van der Waals surface area contributed by atoms with Crippen LogP contribution in [0.15, 0.2) is 47.6 Å². The summed E-state index contributed by atoms with van der Waals surface area (Å²) in [5.41, 5.74) is 7.82. The third-order valence-electron chi connectivity index (χ3n) is 5.17. The van der Waals surface area contributed by atoms with Crippen molar-refractivity contribution in [1.82, 2.24) is 5.43 Å². The first-order valence-electron chi connectivity index (χ1n) is 9.62. The summed E-state index contributed by atoms with van der Waals surface area (Å²) < 4.78 is 0. The summed E-state index contributed by atoms with van der Waals surface area (Å²) in [5.74, 6) is -0.425. The molecule has 1 N–H and O–H groups in total. The lowest BCUT2D eigenvalue weighted by atomic mass is 10.0. The number of carbonyl (C=O) groups excluding carboxylic acids is 2. The average molecular weight is 394 g/mol. The van der Waals surface area contributed by atoms with Gasteiger partial charge in [-0.3, -0.25) is 15.0 Å². The molecule has 144 valence electrons. The third-order valence-corrected chi connectivity index (χ3v) is 6.48. The number of imide groups is 1. The molecule has 6 heteroatoms. The molecule has 1 spiro atoms. The van der Waals surface area contributed by atoms with Gasteiger partial charge in [0.2, 0.25) is 10.8 Å². The zero-order chi connectivity index (χ0) is 19.9. The fourth-order valence-corrected chi connectivity index (χ4v) is 4.76. The van der Waals surface area contributed by atoms with E-state index in [0.29, 0.717) is 18.5 Å². The van der Waals surface area contributed by atoms with Crippen LogP contribution in [0.3, 0.4) is 0 Å². The lowest BCUT2D eigenvalue weighted by Gasteiger charge is -2.22. The topological polar surface area (TPSA) is 61.8 Å². The lowest BCUT2D eigenvalue weighted by Crippen LogP contribution is -2.46. The number of hydrogen-bond acceptors (Lipinski definition) is 5. The van der Waals surface area contributed by atoms with Gasteiger partial charge in [0.25, 0.3) is 5.91 Å². The summed E-state index contributed by atoms with van der Waals surface area (Å²) in [6, 6.07) is 14.0. The molecule has 1 atom stereocenters. The van der Waals surface area contributed by atoms with Crippen LogP contribution in [-0.2, 0) is 20.9 Å². The highest BCUT2D eigenvalue weighted by Crippen LogP contribution is 2.51. The van der Waals surface area contributed by atoms with Crippen LogP contribution >= 0.6 is 11.8 Å². The predicted octanol–water partition coefficient (Wildman–Crippen LogP) is 4.08. The first-order valence-corrected chi connectivity index (χ1v) is 10.4. The van der Waals surface area contributed by atoms with E-state index in [1.807, 2.05) is 56.3 Å². The maximum atomic E-state index is 13.5. The van der Waals surface area contributed by atoms with E-state index in [2.05, 4.69) is 17.5 Å². The van der Waals surface area contributed by atoms with Gasteiger partial charge in [0.15, 0.2) is 0 Å². The fourth-order valence-electron chi connectivity index (χ4n) is 3.58. The monoisotopic (exact) mass is 393 g/mol. The molecule has 2 aromatic rings. The zero-order valence-electron chi connectivity index (χ0n) is 16.3. The number of benzene rings is 2. The minimum absolute atomic E-state index is 0.166. The number of anilines is 1. The highest BCUT2D eigenvalue weighted by atomic mass is 32.2. The SMILES string of the molecule is CCCC(=O)N1C(=O)C2(NN=C(c3ccc(C)cc3)S2)c2cc(CC)ccc21. The second-order valence-electron chi connectivity index (χ2n) is 7.17. The van der Waals surface area contributed by atoms with Crippen molar-refractivity contribution >= 4 is 34.3 Å². The largest absolute Gasteiger partial charge is 0.279 e. The molecule has 0 aromatic heterocycles. The number of thioether (sulfide) groups is 1. The summed E-state index contributed by atoms with van der Waals surface area (Å²) in [7, 11) is 0. The van der Waals surface area contributed by atoms with Crippen molar-refractivity contribution < 1.29 is 9.59 Å². The van der Waals surface area contributed by atoms with E-state index < -0.39 is 4.87 Å². The molecule has 2 aliphatic heterocycles. The number of rotatable bonds is 4. The Labute approximate surface area is 169 Å². The van der Waals surface area contributed by atoms with Crippen LogP contribution in [0.25, 0.3) is 0 Å². The lowest BCUT2D eigenvalue weighted by molar-refractivity contribution is -0.127. The van der Waals surface area contributed by atoms with Crippen molar-refractivity contribution in [2.24, 2.45) is 5.10 Å². The van der Waals surface area contributed by atoms with Crippen LogP contribution in [0, 0.1) is 6.92 Å².